The van der Waals surface area contributed by atoms with E-state index in [2.05, 4.69) is 4.98 Å². The molecular formula is C17H17N3O5. The highest BCUT2D eigenvalue weighted by molar-refractivity contribution is 6.11. The van der Waals surface area contributed by atoms with Crippen LogP contribution in [0.4, 0.5) is 11.4 Å². The highest BCUT2D eigenvalue weighted by atomic mass is 16.6. The van der Waals surface area contributed by atoms with Crippen molar-refractivity contribution in [2.75, 3.05) is 18.1 Å². The third-order valence-corrected chi connectivity index (χ3v) is 3.75. The molecule has 0 aliphatic carbocycles. The molecule has 8 heteroatoms. The zero-order valence-corrected chi connectivity index (χ0v) is 13.8. The molecule has 2 heterocycles. The predicted octanol–water partition coefficient (Wildman–Crippen LogP) is 2.82. The van der Waals surface area contributed by atoms with Gasteiger partial charge in [-0.2, -0.15) is 0 Å². The summed E-state index contributed by atoms with van der Waals surface area (Å²) in [6.07, 6.45) is 1.28. The van der Waals surface area contributed by atoms with Gasteiger partial charge < -0.3 is 9.47 Å². The van der Waals surface area contributed by atoms with Crippen molar-refractivity contribution >= 4 is 17.3 Å². The Bertz CT molecular complexity index is 824. The van der Waals surface area contributed by atoms with Gasteiger partial charge in [-0.3, -0.25) is 19.8 Å². The monoisotopic (exact) mass is 343 g/mol. The number of rotatable bonds is 4. The van der Waals surface area contributed by atoms with Crippen LogP contribution in [0.5, 0.6) is 11.6 Å². The van der Waals surface area contributed by atoms with Gasteiger partial charge in [-0.1, -0.05) is 6.07 Å². The maximum Gasteiger partial charge on any atom is 0.285 e. The molecule has 1 atom stereocenters. The van der Waals surface area contributed by atoms with Gasteiger partial charge in [-0.25, -0.2) is 4.98 Å². The number of nitro groups is 1. The molecule has 0 N–H and O–H groups in total. The van der Waals surface area contributed by atoms with Gasteiger partial charge in [-0.15, -0.1) is 0 Å². The first-order valence-corrected chi connectivity index (χ1v) is 7.86. The van der Waals surface area contributed by atoms with E-state index in [1.165, 1.54) is 17.0 Å². The van der Waals surface area contributed by atoms with Gasteiger partial charge in [0, 0.05) is 12.3 Å². The summed E-state index contributed by atoms with van der Waals surface area (Å²) in [4.78, 5) is 29.6. The molecule has 1 aromatic carbocycles. The Morgan fingerprint density at radius 1 is 1.44 bits per heavy atom. The minimum atomic E-state index is -0.580. The van der Waals surface area contributed by atoms with Crippen LogP contribution in [0.3, 0.4) is 0 Å². The molecule has 25 heavy (non-hydrogen) atoms. The van der Waals surface area contributed by atoms with E-state index in [9.17, 15) is 14.9 Å². The summed E-state index contributed by atoms with van der Waals surface area (Å²) in [6, 6.07) is 7.72. The van der Waals surface area contributed by atoms with Crippen LogP contribution in [0, 0.1) is 10.1 Å². The normalized spacial score (nSPS) is 15.9. The summed E-state index contributed by atoms with van der Waals surface area (Å²) in [5.74, 6) is -0.00224. The van der Waals surface area contributed by atoms with Crippen LogP contribution < -0.4 is 14.4 Å². The van der Waals surface area contributed by atoms with Crippen LogP contribution in [0.1, 0.15) is 24.2 Å². The number of pyridine rings is 1. The largest absolute Gasteiger partial charge is 0.493 e. The predicted molar refractivity (Wildman–Crippen MR) is 90.3 cm³/mol. The molecule has 0 saturated heterocycles. The van der Waals surface area contributed by atoms with Gasteiger partial charge in [-0.05, 0) is 32.0 Å². The van der Waals surface area contributed by atoms with Gasteiger partial charge >= 0.3 is 0 Å². The van der Waals surface area contributed by atoms with Gasteiger partial charge in [0.05, 0.1) is 18.1 Å². The maximum atomic E-state index is 13.2. The molecule has 0 fully saturated rings. The van der Waals surface area contributed by atoms with E-state index in [0.717, 1.165) is 0 Å². The number of anilines is 1. The second kappa shape index (κ2) is 6.76. The Morgan fingerprint density at radius 2 is 2.24 bits per heavy atom. The van der Waals surface area contributed by atoms with Crippen LogP contribution in [0.2, 0.25) is 0 Å². The molecule has 8 nitrogen and oxygen atoms in total. The second-order valence-electron chi connectivity index (χ2n) is 5.51. The summed E-state index contributed by atoms with van der Waals surface area (Å²) < 4.78 is 11.1. The fourth-order valence-corrected chi connectivity index (χ4v) is 2.75. The average Bonchev–Trinajstić information content (AvgIpc) is 2.60. The third-order valence-electron chi connectivity index (χ3n) is 3.75. The van der Waals surface area contributed by atoms with Crippen molar-refractivity contribution in [3.05, 3.63) is 52.2 Å². The van der Waals surface area contributed by atoms with Gasteiger partial charge in [0.25, 0.3) is 11.6 Å². The molecule has 1 aliphatic heterocycles. The first-order valence-electron chi connectivity index (χ1n) is 7.86. The lowest BCUT2D eigenvalue weighted by atomic mass is 10.1. The van der Waals surface area contributed by atoms with Crippen LogP contribution in [-0.2, 0) is 0 Å². The molecule has 130 valence electrons. The fraction of sp³-hybridized carbons (Fsp3) is 0.294. The van der Waals surface area contributed by atoms with Crippen molar-refractivity contribution in [2.24, 2.45) is 0 Å². The maximum absolute atomic E-state index is 13.2. The summed E-state index contributed by atoms with van der Waals surface area (Å²) in [5.41, 5.74) is 0.116. The Hall–Kier alpha value is -3.16. The van der Waals surface area contributed by atoms with E-state index in [1.807, 2.05) is 0 Å². The first kappa shape index (κ1) is 16.7. The topological polar surface area (TPSA) is 94.8 Å². The van der Waals surface area contributed by atoms with Gasteiger partial charge in [0.15, 0.2) is 5.56 Å². The minimum absolute atomic E-state index is 0.0711. The lowest BCUT2D eigenvalue weighted by Gasteiger charge is -2.32. The zero-order chi connectivity index (χ0) is 18.0. The molecule has 0 radical (unpaired) electrons. The summed E-state index contributed by atoms with van der Waals surface area (Å²) in [6.45, 7) is 4.11. The van der Waals surface area contributed by atoms with Crippen molar-refractivity contribution in [3.63, 3.8) is 0 Å². The van der Waals surface area contributed by atoms with Gasteiger partial charge in [0.2, 0.25) is 5.88 Å². The zero-order valence-electron chi connectivity index (χ0n) is 13.8. The highest BCUT2D eigenvalue weighted by Crippen LogP contribution is 2.36. The Balaban J connectivity index is 2.11. The van der Waals surface area contributed by atoms with Crippen molar-refractivity contribution < 1.29 is 19.2 Å². The van der Waals surface area contributed by atoms with E-state index in [-0.39, 0.29) is 29.6 Å². The number of aromatic nitrogens is 1. The third kappa shape index (κ3) is 3.10. The van der Waals surface area contributed by atoms with Gasteiger partial charge in [0.1, 0.15) is 17.5 Å². The quantitative estimate of drug-likeness (QED) is 0.626. The SMILES string of the molecule is CCOc1cccc([N+](=O)[O-])c1C(=O)N1CC(C)Oc2ncccc21. The van der Waals surface area contributed by atoms with Crippen LogP contribution >= 0.6 is 0 Å². The van der Waals surface area contributed by atoms with Crippen molar-refractivity contribution in [3.8, 4) is 11.6 Å². The number of nitro benzene ring substituents is 1. The van der Waals surface area contributed by atoms with E-state index in [4.69, 9.17) is 9.47 Å². The van der Waals surface area contributed by atoms with E-state index >= 15 is 0 Å². The van der Waals surface area contributed by atoms with Crippen molar-refractivity contribution in [2.45, 2.75) is 20.0 Å². The number of ether oxygens (including phenoxy) is 2. The standard InChI is InChI=1S/C17H17N3O5/c1-3-24-14-8-4-6-12(20(22)23)15(14)17(21)19-10-11(2)25-16-13(19)7-5-9-18-16/h4-9,11H,3,10H2,1-2H3. The number of amides is 1. The number of hydrogen-bond acceptors (Lipinski definition) is 6. The van der Waals surface area contributed by atoms with Crippen LogP contribution in [0.25, 0.3) is 0 Å². The summed E-state index contributed by atoms with van der Waals surface area (Å²) in [5, 5.41) is 11.4. The van der Waals surface area contributed by atoms with Crippen molar-refractivity contribution in [1.29, 1.82) is 0 Å². The molecule has 3 rings (SSSR count). The van der Waals surface area contributed by atoms with Crippen LogP contribution in [0.15, 0.2) is 36.5 Å². The van der Waals surface area contributed by atoms with E-state index in [0.29, 0.717) is 18.2 Å². The summed E-state index contributed by atoms with van der Waals surface area (Å²) in [7, 11) is 0. The number of carbonyl (C=O) groups excluding carboxylic acids is 1. The lowest BCUT2D eigenvalue weighted by molar-refractivity contribution is -0.385. The Labute approximate surface area is 144 Å². The van der Waals surface area contributed by atoms with Crippen LogP contribution in [-0.4, -0.2) is 35.1 Å². The molecule has 1 unspecified atom stereocenters. The fourth-order valence-electron chi connectivity index (χ4n) is 2.75. The lowest BCUT2D eigenvalue weighted by Crippen LogP contribution is -2.43. The molecule has 0 spiro atoms. The molecule has 1 aromatic heterocycles. The molecule has 0 bridgehead atoms. The van der Waals surface area contributed by atoms with E-state index in [1.54, 1.807) is 38.2 Å². The number of nitrogens with zero attached hydrogens (tertiary/aromatic N) is 3. The average molecular weight is 343 g/mol. The molecule has 1 aliphatic rings. The smallest absolute Gasteiger partial charge is 0.285 e. The molecule has 0 saturated carbocycles. The molecule has 2 aromatic rings. The number of hydrogen-bond donors (Lipinski definition) is 0. The summed E-state index contributed by atoms with van der Waals surface area (Å²) >= 11 is 0. The number of benzene rings is 1. The van der Waals surface area contributed by atoms with Crippen molar-refractivity contribution in [1.82, 2.24) is 4.98 Å². The second-order valence-corrected chi connectivity index (χ2v) is 5.51. The molecular weight excluding hydrogens is 326 g/mol. The Kier molecular flexibility index (Phi) is 4.51. The highest BCUT2D eigenvalue weighted by Gasteiger charge is 2.34. The number of carbonyl (C=O) groups is 1. The minimum Gasteiger partial charge on any atom is -0.493 e. The Morgan fingerprint density at radius 3 is 2.96 bits per heavy atom. The first-order chi connectivity index (χ1) is 12.0. The number of fused-ring (bicyclic) bond motifs is 1. The van der Waals surface area contributed by atoms with E-state index < -0.39 is 10.8 Å². The molecule has 1 amide bonds.